The summed E-state index contributed by atoms with van der Waals surface area (Å²) < 4.78 is 6.77. The maximum Gasteiger partial charge on any atom is 0.135 e. The highest BCUT2D eigenvalue weighted by Crippen LogP contribution is 2.29. The first-order valence-corrected chi connectivity index (χ1v) is 5.74. The molecule has 0 aromatic heterocycles. The predicted molar refractivity (Wildman–Crippen MR) is 70.7 cm³/mol. The molecule has 0 radical (unpaired) electrons. The second-order valence-corrected chi connectivity index (χ2v) is 4.22. The molecule has 0 saturated heterocycles. The highest BCUT2D eigenvalue weighted by atomic mass is 79.9. The molecule has 1 nitrogen and oxygen atoms in total. The third-order valence-corrected chi connectivity index (χ3v) is 2.66. The van der Waals surface area contributed by atoms with Crippen LogP contribution >= 0.6 is 15.9 Å². The molecule has 0 amide bonds. The van der Waals surface area contributed by atoms with Crippen molar-refractivity contribution >= 4 is 22.0 Å². The van der Waals surface area contributed by atoms with Gasteiger partial charge in [-0.25, -0.2) is 0 Å². The van der Waals surface area contributed by atoms with Crippen LogP contribution in [0.3, 0.4) is 0 Å². The van der Waals surface area contributed by atoms with Crippen LogP contribution < -0.4 is 4.74 Å². The summed E-state index contributed by atoms with van der Waals surface area (Å²) in [6.45, 7) is 3.77. The van der Waals surface area contributed by atoms with E-state index in [-0.39, 0.29) is 0 Å². The average Bonchev–Trinajstić information content (AvgIpc) is 2.31. The molecule has 0 saturated carbocycles. The first-order chi connectivity index (χ1) is 7.79. The van der Waals surface area contributed by atoms with Crippen LogP contribution in [0.25, 0.3) is 6.08 Å². The Hall–Kier alpha value is -1.54. The van der Waals surface area contributed by atoms with Crippen LogP contribution in [0.5, 0.6) is 11.5 Å². The molecule has 0 spiro atoms. The number of hydrogen-bond acceptors (Lipinski definition) is 1. The Morgan fingerprint density at radius 3 is 2.50 bits per heavy atom. The van der Waals surface area contributed by atoms with Crippen molar-refractivity contribution in [2.24, 2.45) is 0 Å². The van der Waals surface area contributed by atoms with E-state index >= 15 is 0 Å². The third kappa shape index (κ3) is 2.52. The van der Waals surface area contributed by atoms with Gasteiger partial charge in [-0.05, 0) is 24.3 Å². The minimum atomic E-state index is 0.801. The molecule has 2 heteroatoms. The fraction of sp³-hybridized carbons (Fsp3) is 0. The average molecular weight is 275 g/mol. The number of hydrogen-bond donors (Lipinski definition) is 0. The number of halogens is 1. The summed E-state index contributed by atoms with van der Waals surface area (Å²) in [5.74, 6) is 1.62. The van der Waals surface area contributed by atoms with Crippen LogP contribution in [0.1, 0.15) is 5.56 Å². The van der Waals surface area contributed by atoms with E-state index < -0.39 is 0 Å². The van der Waals surface area contributed by atoms with Gasteiger partial charge in [0.15, 0.2) is 0 Å². The van der Waals surface area contributed by atoms with Gasteiger partial charge >= 0.3 is 0 Å². The Bertz CT molecular complexity index is 491. The lowest BCUT2D eigenvalue weighted by atomic mass is 10.2. The molecule has 0 fully saturated rings. The molecule has 0 aliphatic heterocycles. The van der Waals surface area contributed by atoms with E-state index in [1.54, 1.807) is 6.08 Å². The SMILES string of the molecule is C=Cc1ccc(Br)cc1Oc1ccccc1. The zero-order valence-corrected chi connectivity index (χ0v) is 10.3. The number of ether oxygens (including phenoxy) is 1. The minimum absolute atomic E-state index is 0.801. The molecule has 2 aromatic carbocycles. The molecule has 80 valence electrons. The van der Waals surface area contributed by atoms with Crippen molar-refractivity contribution in [1.82, 2.24) is 0 Å². The summed E-state index contributed by atoms with van der Waals surface area (Å²) in [6, 6.07) is 15.6. The summed E-state index contributed by atoms with van der Waals surface area (Å²) in [5, 5.41) is 0. The second kappa shape index (κ2) is 4.99. The van der Waals surface area contributed by atoms with Crippen LogP contribution in [0.4, 0.5) is 0 Å². The largest absolute Gasteiger partial charge is 0.457 e. The van der Waals surface area contributed by atoms with Gasteiger partial charge in [-0.15, -0.1) is 0 Å². The molecule has 0 unspecified atom stereocenters. The van der Waals surface area contributed by atoms with Crippen LogP contribution in [0, 0.1) is 0 Å². The molecule has 0 aliphatic carbocycles. The van der Waals surface area contributed by atoms with Crippen molar-refractivity contribution in [2.45, 2.75) is 0 Å². The summed E-state index contributed by atoms with van der Waals surface area (Å²) in [5.41, 5.74) is 0.979. The van der Waals surface area contributed by atoms with Gasteiger partial charge in [-0.2, -0.15) is 0 Å². The molecule has 0 bridgehead atoms. The molecule has 0 heterocycles. The van der Waals surface area contributed by atoms with Gasteiger partial charge < -0.3 is 4.74 Å². The summed E-state index contributed by atoms with van der Waals surface area (Å²) in [4.78, 5) is 0. The molecule has 2 aromatic rings. The lowest BCUT2D eigenvalue weighted by Gasteiger charge is -2.09. The second-order valence-electron chi connectivity index (χ2n) is 3.30. The highest BCUT2D eigenvalue weighted by molar-refractivity contribution is 9.10. The molecular formula is C14H11BrO. The van der Waals surface area contributed by atoms with Crippen molar-refractivity contribution in [3.8, 4) is 11.5 Å². The van der Waals surface area contributed by atoms with Gasteiger partial charge in [-0.1, -0.05) is 52.9 Å². The van der Waals surface area contributed by atoms with Crippen molar-refractivity contribution in [3.05, 3.63) is 65.1 Å². The van der Waals surface area contributed by atoms with Crippen LogP contribution in [-0.4, -0.2) is 0 Å². The van der Waals surface area contributed by atoms with E-state index in [1.165, 1.54) is 0 Å². The van der Waals surface area contributed by atoms with E-state index in [2.05, 4.69) is 22.5 Å². The standard InChI is InChI=1S/C14H11BrO/c1-2-11-8-9-12(15)10-14(11)16-13-6-4-3-5-7-13/h2-10H,1H2. The zero-order valence-electron chi connectivity index (χ0n) is 8.69. The number of benzene rings is 2. The topological polar surface area (TPSA) is 9.23 Å². The summed E-state index contributed by atoms with van der Waals surface area (Å²) >= 11 is 3.42. The zero-order chi connectivity index (χ0) is 11.4. The van der Waals surface area contributed by atoms with Crippen molar-refractivity contribution in [1.29, 1.82) is 0 Å². The number of rotatable bonds is 3. The van der Waals surface area contributed by atoms with Gasteiger partial charge in [-0.3, -0.25) is 0 Å². The maximum absolute atomic E-state index is 5.78. The van der Waals surface area contributed by atoms with E-state index in [0.29, 0.717) is 0 Å². The predicted octanol–water partition coefficient (Wildman–Crippen LogP) is 4.88. The van der Waals surface area contributed by atoms with E-state index in [4.69, 9.17) is 4.74 Å². The Morgan fingerprint density at radius 1 is 1.06 bits per heavy atom. The van der Waals surface area contributed by atoms with Crippen LogP contribution in [-0.2, 0) is 0 Å². The maximum atomic E-state index is 5.78. The normalized spacial score (nSPS) is 9.81. The monoisotopic (exact) mass is 274 g/mol. The third-order valence-electron chi connectivity index (χ3n) is 2.17. The Kier molecular flexibility index (Phi) is 3.42. The lowest BCUT2D eigenvalue weighted by molar-refractivity contribution is 0.481. The quantitative estimate of drug-likeness (QED) is 0.775. The molecule has 16 heavy (non-hydrogen) atoms. The Morgan fingerprint density at radius 2 is 1.81 bits per heavy atom. The van der Waals surface area contributed by atoms with Crippen LogP contribution in [0.2, 0.25) is 0 Å². The Labute approximate surface area is 104 Å². The van der Waals surface area contributed by atoms with Gasteiger partial charge in [0.05, 0.1) is 0 Å². The number of para-hydroxylation sites is 1. The van der Waals surface area contributed by atoms with E-state index in [1.807, 2.05) is 48.5 Å². The summed E-state index contributed by atoms with van der Waals surface area (Å²) in [7, 11) is 0. The van der Waals surface area contributed by atoms with E-state index in [0.717, 1.165) is 21.5 Å². The summed E-state index contributed by atoms with van der Waals surface area (Å²) in [6.07, 6.45) is 1.78. The fourth-order valence-electron chi connectivity index (χ4n) is 1.38. The van der Waals surface area contributed by atoms with Gasteiger partial charge in [0.1, 0.15) is 11.5 Å². The first-order valence-electron chi connectivity index (χ1n) is 4.94. The smallest absolute Gasteiger partial charge is 0.135 e. The lowest BCUT2D eigenvalue weighted by Crippen LogP contribution is -1.87. The highest BCUT2D eigenvalue weighted by Gasteiger charge is 2.02. The van der Waals surface area contributed by atoms with Crippen molar-refractivity contribution < 1.29 is 4.74 Å². The fourth-order valence-corrected chi connectivity index (χ4v) is 1.72. The molecule has 0 N–H and O–H groups in total. The Balaban J connectivity index is 2.33. The first kappa shape index (κ1) is 11.0. The minimum Gasteiger partial charge on any atom is -0.457 e. The van der Waals surface area contributed by atoms with Gasteiger partial charge in [0, 0.05) is 10.0 Å². The molecular weight excluding hydrogens is 264 g/mol. The van der Waals surface area contributed by atoms with Gasteiger partial charge in [0.25, 0.3) is 0 Å². The molecule has 0 aliphatic rings. The van der Waals surface area contributed by atoms with Crippen molar-refractivity contribution in [3.63, 3.8) is 0 Å². The molecule has 2 rings (SSSR count). The van der Waals surface area contributed by atoms with Gasteiger partial charge in [0.2, 0.25) is 0 Å². The van der Waals surface area contributed by atoms with Crippen LogP contribution in [0.15, 0.2) is 59.6 Å². The van der Waals surface area contributed by atoms with Crippen molar-refractivity contribution in [2.75, 3.05) is 0 Å². The molecule has 0 atom stereocenters. The van der Waals surface area contributed by atoms with E-state index in [9.17, 15) is 0 Å².